The van der Waals surface area contributed by atoms with Gasteiger partial charge in [0, 0.05) is 12.6 Å². The first-order chi connectivity index (χ1) is 19.0. The highest BCUT2D eigenvalue weighted by Gasteiger charge is 2.41. The highest BCUT2D eigenvalue weighted by Crippen LogP contribution is 2.41. The van der Waals surface area contributed by atoms with E-state index in [1.54, 1.807) is 6.20 Å². The Kier molecular flexibility index (Phi) is 8.14. The molecule has 0 bridgehead atoms. The van der Waals surface area contributed by atoms with E-state index in [4.69, 9.17) is 0 Å². The second kappa shape index (κ2) is 11.0. The van der Waals surface area contributed by atoms with Gasteiger partial charge < -0.3 is 14.7 Å². The molecule has 0 radical (unpaired) electrons. The number of hydrogen-bond acceptors (Lipinski definition) is 3. The number of hydrogen-bond donors (Lipinski definition) is 1. The van der Waals surface area contributed by atoms with Gasteiger partial charge in [-0.3, -0.25) is 4.79 Å². The summed E-state index contributed by atoms with van der Waals surface area (Å²) in [5.74, 6) is 0.0461. The van der Waals surface area contributed by atoms with E-state index in [1.165, 1.54) is 30.7 Å². The third kappa shape index (κ3) is 6.34. The predicted molar refractivity (Wildman–Crippen MR) is 146 cm³/mol. The van der Waals surface area contributed by atoms with Crippen LogP contribution in [-0.2, 0) is 22.6 Å². The second-order valence-corrected chi connectivity index (χ2v) is 11.1. The number of halogens is 6. The van der Waals surface area contributed by atoms with Gasteiger partial charge in [-0.2, -0.15) is 26.3 Å². The number of aromatic nitrogens is 1. The summed E-state index contributed by atoms with van der Waals surface area (Å²) in [4.78, 5) is 23.4. The van der Waals surface area contributed by atoms with Crippen molar-refractivity contribution in [3.8, 4) is 11.1 Å². The van der Waals surface area contributed by atoms with E-state index in [0.717, 1.165) is 43.1 Å². The number of carbonyl (C=O) groups excluding carboxylic acids is 1. The average Bonchev–Trinajstić information content (AvgIpc) is 2.91. The summed E-state index contributed by atoms with van der Waals surface area (Å²) in [6.07, 6.45) is -8.50. The van der Waals surface area contributed by atoms with Gasteiger partial charge >= 0.3 is 12.4 Å². The monoisotopic (exact) mass is 579 g/mol. The first kappa shape index (κ1) is 30.4. The number of piperazine rings is 1. The molecule has 1 aliphatic rings. The number of pyridine rings is 1. The maximum Gasteiger partial charge on any atom is 0.416 e. The lowest BCUT2D eigenvalue weighted by molar-refractivity contribution is -0.880. The number of benzene rings is 2. The minimum Gasteiger partial charge on any atom is -0.345 e. The molecule has 1 amide bonds. The van der Waals surface area contributed by atoms with Crippen LogP contribution in [0.15, 0.2) is 54.7 Å². The van der Waals surface area contributed by atoms with Crippen LogP contribution in [0.5, 0.6) is 0 Å². The van der Waals surface area contributed by atoms with Gasteiger partial charge in [0.1, 0.15) is 5.82 Å². The second-order valence-electron chi connectivity index (χ2n) is 11.1. The Hall–Kier alpha value is -3.60. The molecule has 2 heterocycles. The van der Waals surface area contributed by atoms with Gasteiger partial charge in [0.25, 0.3) is 0 Å². The SMILES string of the molecule is Cc1ccccc1-c1cc(N2CC[NH+](C)CC2)ncc1N(C)C(=O)C(C)(C)c1cc(C(F)(F)F)cc(C(F)(F)F)c1. The van der Waals surface area contributed by atoms with Crippen molar-refractivity contribution in [2.45, 2.75) is 38.5 Å². The van der Waals surface area contributed by atoms with Gasteiger partial charge in [-0.1, -0.05) is 24.3 Å². The molecular weight excluding hydrogens is 546 g/mol. The summed E-state index contributed by atoms with van der Waals surface area (Å²) in [6, 6.07) is 10.7. The van der Waals surface area contributed by atoms with E-state index in [0.29, 0.717) is 23.4 Å². The fourth-order valence-corrected chi connectivity index (χ4v) is 5.05. The molecule has 11 heteroatoms. The zero-order valence-electron chi connectivity index (χ0n) is 23.5. The van der Waals surface area contributed by atoms with Crippen LogP contribution in [0.3, 0.4) is 0 Å². The van der Waals surface area contributed by atoms with E-state index in [1.807, 2.05) is 37.3 Å². The highest BCUT2D eigenvalue weighted by molar-refractivity contribution is 6.03. The molecule has 0 unspecified atom stereocenters. The molecule has 1 N–H and O–H groups in total. The molecule has 4 rings (SSSR count). The number of nitrogens with one attached hydrogen (secondary N) is 1. The summed E-state index contributed by atoms with van der Waals surface area (Å²) in [7, 11) is 3.58. The smallest absolute Gasteiger partial charge is 0.345 e. The predicted octanol–water partition coefficient (Wildman–Crippen LogP) is 5.37. The molecular formula is C30H33F6N4O+. The average molecular weight is 580 g/mol. The number of quaternary nitrogens is 1. The lowest BCUT2D eigenvalue weighted by Crippen LogP contribution is -3.12. The molecule has 1 aromatic heterocycles. The van der Waals surface area contributed by atoms with Crippen LogP contribution in [0.1, 0.15) is 36.1 Å². The third-order valence-corrected chi connectivity index (χ3v) is 7.75. The maximum absolute atomic E-state index is 13.9. The summed E-state index contributed by atoms with van der Waals surface area (Å²) in [5.41, 5.74) is -2.22. The minimum atomic E-state index is -5.02. The fraction of sp³-hybridized carbons (Fsp3) is 0.400. The maximum atomic E-state index is 13.9. The Morgan fingerprint density at radius 3 is 1.95 bits per heavy atom. The molecule has 1 fully saturated rings. The topological polar surface area (TPSA) is 40.9 Å². The van der Waals surface area contributed by atoms with Crippen molar-refractivity contribution in [3.63, 3.8) is 0 Å². The molecule has 0 saturated carbocycles. The Morgan fingerprint density at radius 1 is 0.878 bits per heavy atom. The van der Waals surface area contributed by atoms with Gasteiger partial charge in [0.15, 0.2) is 0 Å². The van der Waals surface area contributed by atoms with E-state index in [-0.39, 0.29) is 6.07 Å². The normalized spacial score (nSPS) is 15.2. The van der Waals surface area contributed by atoms with Gasteiger partial charge in [-0.05, 0) is 61.7 Å². The van der Waals surface area contributed by atoms with Gasteiger partial charge in [0.2, 0.25) is 5.91 Å². The van der Waals surface area contributed by atoms with Crippen LogP contribution < -0.4 is 14.7 Å². The molecule has 2 aromatic carbocycles. The van der Waals surface area contributed by atoms with Crippen molar-refractivity contribution in [1.82, 2.24) is 4.98 Å². The van der Waals surface area contributed by atoms with Crippen molar-refractivity contribution >= 4 is 17.4 Å². The zero-order chi connectivity index (χ0) is 30.3. The molecule has 0 atom stereocenters. The van der Waals surface area contributed by atoms with E-state index in [2.05, 4.69) is 16.9 Å². The number of alkyl halides is 6. The van der Waals surface area contributed by atoms with Gasteiger partial charge in [0.05, 0.1) is 61.7 Å². The van der Waals surface area contributed by atoms with E-state index >= 15 is 0 Å². The number of amides is 1. The third-order valence-electron chi connectivity index (χ3n) is 7.75. The van der Waals surface area contributed by atoms with Crippen LogP contribution in [0.25, 0.3) is 11.1 Å². The summed E-state index contributed by atoms with van der Waals surface area (Å²) in [5, 5.41) is 0. The van der Waals surface area contributed by atoms with E-state index in [9.17, 15) is 31.1 Å². The zero-order valence-corrected chi connectivity index (χ0v) is 23.5. The van der Waals surface area contributed by atoms with Crippen LogP contribution in [-0.4, -0.2) is 51.2 Å². The Morgan fingerprint density at radius 2 is 1.41 bits per heavy atom. The molecule has 0 spiro atoms. The quantitative estimate of drug-likeness (QED) is 0.414. The molecule has 3 aromatic rings. The molecule has 41 heavy (non-hydrogen) atoms. The Balaban J connectivity index is 1.79. The highest BCUT2D eigenvalue weighted by atomic mass is 19.4. The minimum absolute atomic E-state index is 0.0621. The number of carbonyl (C=O) groups is 1. The number of likely N-dealkylation sites (N-methyl/N-ethyl adjacent to an activating group) is 2. The number of aryl methyl sites for hydroxylation is 1. The standard InChI is InChI=1S/C30H32F6N4O/c1-19-8-6-7-9-23(19)24-17-26(40-12-10-38(4)11-13-40)37-18-25(24)39(5)27(41)28(2,3)20-14-21(29(31,32)33)16-22(15-20)30(34,35)36/h6-9,14-18H,10-13H2,1-5H3/p+1. The van der Waals surface area contributed by atoms with Crippen LogP contribution in [0.2, 0.25) is 0 Å². The summed E-state index contributed by atoms with van der Waals surface area (Å²) < 4.78 is 81.4. The van der Waals surface area contributed by atoms with Crippen molar-refractivity contribution in [1.29, 1.82) is 0 Å². The number of anilines is 2. The fourth-order valence-electron chi connectivity index (χ4n) is 5.05. The Bertz CT molecular complexity index is 1390. The summed E-state index contributed by atoms with van der Waals surface area (Å²) in [6.45, 7) is 8.03. The molecule has 1 aliphatic heterocycles. The number of rotatable bonds is 5. The van der Waals surface area contributed by atoms with Crippen LogP contribution in [0, 0.1) is 6.92 Å². The Labute approximate surface area is 235 Å². The van der Waals surface area contributed by atoms with Crippen molar-refractivity contribution < 1.29 is 36.0 Å². The largest absolute Gasteiger partial charge is 0.416 e. The van der Waals surface area contributed by atoms with Gasteiger partial charge in [-0.25, -0.2) is 4.98 Å². The van der Waals surface area contributed by atoms with Crippen molar-refractivity contribution in [2.75, 3.05) is 50.1 Å². The number of nitrogens with zero attached hydrogens (tertiary/aromatic N) is 3. The van der Waals surface area contributed by atoms with Gasteiger partial charge in [-0.15, -0.1) is 0 Å². The van der Waals surface area contributed by atoms with Crippen LogP contribution in [0.4, 0.5) is 37.8 Å². The lowest BCUT2D eigenvalue weighted by Gasteiger charge is -2.33. The molecule has 5 nitrogen and oxygen atoms in total. The lowest BCUT2D eigenvalue weighted by atomic mass is 9.81. The molecule has 220 valence electrons. The van der Waals surface area contributed by atoms with Crippen molar-refractivity contribution in [2.24, 2.45) is 0 Å². The molecule has 0 aliphatic carbocycles. The van der Waals surface area contributed by atoms with E-state index < -0.39 is 40.4 Å². The first-order valence-electron chi connectivity index (χ1n) is 13.2. The summed E-state index contributed by atoms with van der Waals surface area (Å²) >= 11 is 0. The van der Waals surface area contributed by atoms with Crippen molar-refractivity contribution in [3.05, 3.63) is 77.0 Å². The first-order valence-corrected chi connectivity index (χ1v) is 13.2. The van der Waals surface area contributed by atoms with Crippen LogP contribution >= 0.6 is 0 Å². The molecule has 1 saturated heterocycles.